The van der Waals surface area contributed by atoms with Gasteiger partial charge in [0.05, 0.1) is 5.02 Å². The maximum Gasteiger partial charge on any atom is 0.159 e. The average molecular weight is 359 g/mol. The van der Waals surface area contributed by atoms with E-state index in [0.717, 1.165) is 11.5 Å². The second kappa shape index (κ2) is 8.57. The van der Waals surface area contributed by atoms with Crippen LogP contribution >= 0.6 is 11.6 Å². The van der Waals surface area contributed by atoms with E-state index < -0.39 is 5.82 Å². The summed E-state index contributed by atoms with van der Waals surface area (Å²) in [6.45, 7) is 2.21. The highest BCUT2D eigenvalue weighted by Crippen LogP contribution is 2.36. The molecule has 1 aromatic carbocycles. The number of nitrogens with zero attached hydrogens (tertiary/aromatic N) is 2. The first-order valence-electron chi connectivity index (χ1n) is 9.11. The minimum atomic E-state index is -0.424. The zero-order chi connectivity index (χ0) is 17.6. The van der Waals surface area contributed by atoms with Crippen molar-refractivity contribution in [3.8, 4) is 11.4 Å². The lowest BCUT2D eigenvalue weighted by atomic mass is 9.79. The van der Waals surface area contributed by atoms with E-state index in [1.165, 1.54) is 50.2 Å². The Morgan fingerprint density at radius 2 is 1.88 bits per heavy atom. The normalized spacial score (nSPS) is 20.9. The summed E-state index contributed by atoms with van der Waals surface area (Å²) in [6.07, 6.45) is 15.8. The van der Waals surface area contributed by atoms with Gasteiger partial charge in [-0.05, 0) is 67.7 Å². The molecule has 0 unspecified atom stereocenters. The van der Waals surface area contributed by atoms with E-state index >= 15 is 0 Å². The van der Waals surface area contributed by atoms with Crippen molar-refractivity contribution in [2.45, 2.75) is 51.4 Å². The van der Waals surface area contributed by atoms with E-state index in [9.17, 15) is 4.39 Å². The van der Waals surface area contributed by atoms with Crippen molar-refractivity contribution in [1.82, 2.24) is 9.97 Å². The minimum absolute atomic E-state index is 0.0969. The molecule has 1 aromatic heterocycles. The van der Waals surface area contributed by atoms with Gasteiger partial charge in [-0.3, -0.25) is 0 Å². The van der Waals surface area contributed by atoms with Gasteiger partial charge in [-0.25, -0.2) is 14.4 Å². The molecular weight excluding hydrogens is 335 g/mol. The van der Waals surface area contributed by atoms with E-state index in [1.54, 1.807) is 12.1 Å². The largest absolute Gasteiger partial charge is 0.236 e. The van der Waals surface area contributed by atoms with Crippen molar-refractivity contribution >= 4 is 11.6 Å². The number of aromatic nitrogens is 2. The van der Waals surface area contributed by atoms with Crippen LogP contribution in [0.15, 0.2) is 42.7 Å². The quantitative estimate of drug-likeness (QED) is 0.565. The fourth-order valence-corrected chi connectivity index (χ4v) is 3.61. The number of allylic oxidation sites excluding steroid dienone is 2. The van der Waals surface area contributed by atoms with E-state index in [4.69, 9.17) is 11.6 Å². The smallest absolute Gasteiger partial charge is 0.159 e. The monoisotopic (exact) mass is 358 g/mol. The molecule has 0 N–H and O–H groups in total. The molecule has 1 aliphatic carbocycles. The molecule has 3 rings (SSSR count). The first-order valence-corrected chi connectivity index (χ1v) is 9.49. The van der Waals surface area contributed by atoms with Crippen LogP contribution in [-0.4, -0.2) is 9.97 Å². The van der Waals surface area contributed by atoms with E-state index in [-0.39, 0.29) is 5.02 Å². The van der Waals surface area contributed by atoms with Gasteiger partial charge in [-0.15, -0.1) is 0 Å². The predicted octanol–water partition coefficient (Wildman–Crippen LogP) is 6.57. The summed E-state index contributed by atoms with van der Waals surface area (Å²) in [5.74, 6) is 1.43. The van der Waals surface area contributed by atoms with E-state index in [1.807, 2.05) is 12.4 Å². The molecule has 1 heterocycles. The molecule has 0 spiro atoms. The van der Waals surface area contributed by atoms with Gasteiger partial charge in [-0.1, -0.05) is 37.1 Å². The van der Waals surface area contributed by atoms with Crippen LogP contribution in [0.3, 0.4) is 0 Å². The van der Waals surface area contributed by atoms with Crippen LogP contribution in [0.1, 0.15) is 56.9 Å². The number of hydrogen-bond donors (Lipinski definition) is 0. The molecule has 0 amide bonds. The Morgan fingerprint density at radius 3 is 2.52 bits per heavy atom. The molecule has 2 aromatic rings. The highest BCUT2D eigenvalue weighted by molar-refractivity contribution is 6.31. The summed E-state index contributed by atoms with van der Waals surface area (Å²) in [4.78, 5) is 8.94. The molecule has 0 aliphatic heterocycles. The lowest BCUT2D eigenvalue weighted by Gasteiger charge is -2.26. The Labute approximate surface area is 154 Å². The molecule has 25 heavy (non-hydrogen) atoms. The molecule has 0 atom stereocenters. The van der Waals surface area contributed by atoms with Crippen molar-refractivity contribution in [3.63, 3.8) is 0 Å². The molecular formula is C21H24ClFN2. The van der Waals surface area contributed by atoms with Crippen LogP contribution in [0.25, 0.3) is 11.4 Å². The van der Waals surface area contributed by atoms with Crippen molar-refractivity contribution in [1.29, 1.82) is 0 Å². The van der Waals surface area contributed by atoms with Crippen LogP contribution in [0.4, 0.5) is 4.39 Å². The first kappa shape index (κ1) is 18.1. The fourth-order valence-electron chi connectivity index (χ4n) is 3.43. The van der Waals surface area contributed by atoms with Gasteiger partial charge in [0, 0.05) is 18.0 Å². The van der Waals surface area contributed by atoms with Gasteiger partial charge < -0.3 is 0 Å². The van der Waals surface area contributed by atoms with Crippen molar-refractivity contribution in [3.05, 3.63) is 59.1 Å². The third-order valence-corrected chi connectivity index (χ3v) is 5.25. The summed E-state index contributed by atoms with van der Waals surface area (Å²) in [5, 5.41) is 0.0969. The number of rotatable bonds is 5. The summed E-state index contributed by atoms with van der Waals surface area (Å²) in [6, 6.07) is 4.58. The maximum absolute atomic E-state index is 13.3. The second-order valence-corrected chi connectivity index (χ2v) is 7.20. The number of halogens is 2. The molecule has 1 fully saturated rings. The van der Waals surface area contributed by atoms with Crippen molar-refractivity contribution in [2.75, 3.05) is 0 Å². The predicted molar refractivity (Wildman–Crippen MR) is 101 cm³/mol. The highest BCUT2D eigenvalue weighted by Gasteiger charge is 2.21. The third-order valence-electron chi connectivity index (χ3n) is 4.96. The van der Waals surface area contributed by atoms with E-state index in [2.05, 4.69) is 29.0 Å². The molecule has 132 valence electrons. The molecule has 0 bridgehead atoms. The van der Waals surface area contributed by atoms with Crippen LogP contribution in [-0.2, 0) is 0 Å². The standard InChI is InChI=1S/C21H24ClFN2/c1-2-3-4-5-15-6-8-16(9-7-15)18-13-24-21(25-14-18)17-10-11-20(23)19(22)12-17/h4-5,10-16H,2-3,6-9H2,1H3/b5-4+/t15-,16-. The lowest BCUT2D eigenvalue weighted by molar-refractivity contribution is 0.374. The summed E-state index contributed by atoms with van der Waals surface area (Å²) in [7, 11) is 0. The number of hydrogen-bond acceptors (Lipinski definition) is 2. The second-order valence-electron chi connectivity index (χ2n) is 6.80. The lowest BCUT2D eigenvalue weighted by Crippen LogP contribution is -2.12. The number of benzene rings is 1. The zero-order valence-electron chi connectivity index (χ0n) is 14.6. The van der Waals surface area contributed by atoms with Gasteiger partial charge in [0.1, 0.15) is 5.82 Å². The Balaban J connectivity index is 1.62. The molecule has 4 heteroatoms. The summed E-state index contributed by atoms with van der Waals surface area (Å²) < 4.78 is 13.3. The highest BCUT2D eigenvalue weighted by atomic mass is 35.5. The van der Waals surface area contributed by atoms with Gasteiger partial charge in [-0.2, -0.15) is 0 Å². The van der Waals surface area contributed by atoms with Crippen molar-refractivity contribution in [2.24, 2.45) is 5.92 Å². The summed E-state index contributed by atoms with van der Waals surface area (Å²) in [5.41, 5.74) is 1.94. The van der Waals surface area contributed by atoms with E-state index in [0.29, 0.717) is 11.7 Å². The van der Waals surface area contributed by atoms with Crippen molar-refractivity contribution < 1.29 is 4.39 Å². The topological polar surface area (TPSA) is 25.8 Å². The van der Waals surface area contributed by atoms with Crippen LogP contribution in [0.5, 0.6) is 0 Å². The number of unbranched alkanes of at least 4 members (excludes halogenated alkanes) is 1. The molecule has 0 radical (unpaired) electrons. The van der Waals surface area contributed by atoms with Gasteiger partial charge in [0.2, 0.25) is 0 Å². The Hall–Kier alpha value is -1.74. The molecule has 1 saturated carbocycles. The maximum atomic E-state index is 13.3. The fraction of sp³-hybridized carbons (Fsp3) is 0.429. The molecule has 0 saturated heterocycles. The Bertz CT molecular complexity index is 719. The van der Waals surface area contributed by atoms with Crippen LogP contribution in [0, 0.1) is 11.7 Å². The SMILES string of the molecule is CCC/C=C/[C@H]1CC[C@H](c2cnc(-c3ccc(F)c(Cl)c3)nc2)CC1. The minimum Gasteiger partial charge on any atom is -0.236 e. The van der Waals surface area contributed by atoms with Crippen LogP contribution in [0.2, 0.25) is 5.02 Å². The summed E-state index contributed by atoms with van der Waals surface area (Å²) >= 11 is 5.84. The van der Waals surface area contributed by atoms with Gasteiger partial charge in [0.25, 0.3) is 0 Å². The van der Waals surface area contributed by atoms with Gasteiger partial charge >= 0.3 is 0 Å². The van der Waals surface area contributed by atoms with Gasteiger partial charge in [0.15, 0.2) is 5.82 Å². The third kappa shape index (κ3) is 4.66. The van der Waals surface area contributed by atoms with Crippen LogP contribution < -0.4 is 0 Å². The molecule has 2 nitrogen and oxygen atoms in total. The first-order chi connectivity index (χ1) is 12.2. The average Bonchev–Trinajstić information content (AvgIpc) is 2.65. The zero-order valence-corrected chi connectivity index (χ0v) is 15.3. The molecule has 1 aliphatic rings. The Morgan fingerprint density at radius 1 is 1.16 bits per heavy atom. The Kier molecular flexibility index (Phi) is 6.19.